The third kappa shape index (κ3) is 3.70. The summed E-state index contributed by atoms with van der Waals surface area (Å²) in [4.78, 5) is 2.19. The highest BCUT2D eigenvalue weighted by Gasteiger charge is 2.16. The number of likely N-dealkylation sites (N-methyl/N-ethyl adjacent to an activating group) is 1. The van der Waals surface area contributed by atoms with Crippen LogP contribution >= 0.6 is 15.9 Å². The zero-order valence-corrected chi connectivity index (χ0v) is 12.7. The highest BCUT2D eigenvalue weighted by Crippen LogP contribution is 2.24. The molecule has 0 amide bonds. The molecular formula is C14H20BrN3O. The number of nitrogens with two attached hydrogens (primary N) is 1. The summed E-state index contributed by atoms with van der Waals surface area (Å²) >= 11 is 3.46. The van der Waals surface area contributed by atoms with E-state index in [0.29, 0.717) is 6.10 Å². The number of rotatable bonds is 4. The van der Waals surface area contributed by atoms with Crippen LogP contribution in [0.25, 0.3) is 0 Å². The second kappa shape index (κ2) is 6.39. The minimum absolute atomic E-state index is 0.0803. The second-order valence-corrected chi connectivity index (χ2v) is 5.80. The van der Waals surface area contributed by atoms with Crippen LogP contribution in [0.4, 0.5) is 5.69 Å². The van der Waals surface area contributed by atoms with Crippen molar-refractivity contribution in [1.29, 1.82) is 5.41 Å². The maximum atomic E-state index is 7.47. The van der Waals surface area contributed by atoms with Gasteiger partial charge in [-0.1, -0.05) is 0 Å². The van der Waals surface area contributed by atoms with Crippen LogP contribution in [0.2, 0.25) is 0 Å². The van der Waals surface area contributed by atoms with Crippen LogP contribution in [0.5, 0.6) is 0 Å². The molecule has 104 valence electrons. The molecule has 1 aromatic rings. The van der Waals surface area contributed by atoms with Crippen molar-refractivity contribution in [2.24, 2.45) is 5.73 Å². The first-order valence-electron chi connectivity index (χ1n) is 6.54. The van der Waals surface area contributed by atoms with Gasteiger partial charge in [0.15, 0.2) is 0 Å². The van der Waals surface area contributed by atoms with Crippen molar-refractivity contribution >= 4 is 27.5 Å². The quantitative estimate of drug-likeness (QED) is 0.661. The van der Waals surface area contributed by atoms with E-state index >= 15 is 0 Å². The van der Waals surface area contributed by atoms with E-state index in [1.807, 2.05) is 18.2 Å². The van der Waals surface area contributed by atoms with Gasteiger partial charge in [0.05, 0.1) is 6.10 Å². The SMILES string of the molecule is CN(CC1CCCCO1)c1ccc(C(=N)N)c(Br)c1. The van der Waals surface area contributed by atoms with E-state index in [2.05, 4.69) is 27.9 Å². The molecular weight excluding hydrogens is 306 g/mol. The Bertz CT molecular complexity index is 458. The van der Waals surface area contributed by atoms with Gasteiger partial charge in [0.2, 0.25) is 0 Å². The Morgan fingerprint density at radius 3 is 2.89 bits per heavy atom. The standard InChI is InChI=1S/C14H20BrN3O/c1-18(9-11-4-2-3-7-19-11)10-5-6-12(14(16)17)13(15)8-10/h5-6,8,11H,2-4,7,9H2,1H3,(H3,16,17). The monoisotopic (exact) mass is 325 g/mol. The van der Waals surface area contributed by atoms with Crippen molar-refractivity contribution in [3.05, 3.63) is 28.2 Å². The van der Waals surface area contributed by atoms with Crippen LogP contribution in [-0.2, 0) is 4.74 Å². The molecule has 4 nitrogen and oxygen atoms in total. The maximum absolute atomic E-state index is 7.47. The molecule has 0 radical (unpaired) electrons. The first-order chi connectivity index (χ1) is 9.08. The predicted octanol–water partition coefficient (Wildman–Crippen LogP) is 2.74. The Balaban J connectivity index is 2.04. The van der Waals surface area contributed by atoms with Gasteiger partial charge in [-0.25, -0.2) is 0 Å². The van der Waals surface area contributed by atoms with E-state index in [-0.39, 0.29) is 5.84 Å². The number of hydrogen-bond acceptors (Lipinski definition) is 3. The minimum atomic E-state index is 0.0803. The summed E-state index contributed by atoms with van der Waals surface area (Å²) in [7, 11) is 2.06. The molecule has 2 rings (SSSR count). The largest absolute Gasteiger partial charge is 0.384 e. The van der Waals surface area contributed by atoms with Crippen molar-refractivity contribution in [2.75, 3.05) is 25.1 Å². The van der Waals surface area contributed by atoms with Gasteiger partial charge in [0, 0.05) is 35.9 Å². The van der Waals surface area contributed by atoms with E-state index in [4.69, 9.17) is 15.9 Å². The lowest BCUT2D eigenvalue weighted by Gasteiger charge is -2.29. The number of amidine groups is 1. The molecule has 0 spiro atoms. The minimum Gasteiger partial charge on any atom is -0.384 e. The molecule has 1 aliphatic rings. The number of ether oxygens (including phenoxy) is 1. The van der Waals surface area contributed by atoms with Crippen LogP contribution in [-0.4, -0.2) is 32.1 Å². The number of anilines is 1. The Morgan fingerprint density at radius 2 is 2.32 bits per heavy atom. The number of nitrogens with zero attached hydrogens (tertiary/aromatic N) is 1. The van der Waals surface area contributed by atoms with Gasteiger partial charge in [-0.2, -0.15) is 0 Å². The van der Waals surface area contributed by atoms with Crippen LogP contribution in [0.3, 0.4) is 0 Å². The highest BCUT2D eigenvalue weighted by atomic mass is 79.9. The zero-order chi connectivity index (χ0) is 13.8. The van der Waals surface area contributed by atoms with Crippen molar-refractivity contribution in [2.45, 2.75) is 25.4 Å². The number of nitrogen functional groups attached to an aromatic ring is 1. The van der Waals surface area contributed by atoms with Crippen molar-refractivity contribution in [1.82, 2.24) is 0 Å². The normalized spacial score (nSPS) is 19.2. The molecule has 3 N–H and O–H groups in total. The molecule has 0 saturated carbocycles. The average molecular weight is 326 g/mol. The fourth-order valence-corrected chi connectivity index (χ4v) is 2.90. The van der Waals surface area contributed by atoms with E-state index in [1.54, 1.807) is 0 Å². The summed E-state index contributed by atoms with van der Waals surface area (Å²) < 4.78 is 6.61. The van der Waals surface area contributed by atoms with Gasteiger partial charge >= 0.3 is 0 Å². The molecule has 1 aliphatic heterocycles. The van der Waals surface area contributed by atoms with Crippen molar-refractivity contribution in [3.63, 3.8) is 0 Å². The summed E-state index contributed by atoms with van der Waals surface area (Å²) in [5, 5.41) is 7.47. The van der Waals surface area contributed by atoms with Gasteiger partial charge in [0.1, 0.15) is 5.84 Å². The summed E-state index contributed by atoms with van der Waals surface area (Å²) in [5.41, 5.74) is 7.34. The van der Waals surface area contributed by atoms with Crippen molar-refractivity contribution in [3.8, 4) is 0 Å². The molecule has 0 aromatic heterocycles. The van der Waals surface area contributed by atoms with E-state index in [0.717, 1.165) is 35.3 Å². The lowest BCUT2D eigenvalue weighted by atomic mass is 10.1. The third-order valence-electron chi connectivity index (χ3n) is 3.44. The smallest absolute Gasteiger partial charge is 0.123 e. The maximum Gasteiger partial charge on any atom is 0.123 e. The van der Waals surface area contributed by atoms with Crippen LogP contribution in [0, 0.1) is 5.41 Å². The van der Waals surface area contributed by atoms with Crippen LogP contribution in [0.15, 0.2) is 22.7 Å². The molecule has 1 atom stereocenters. The van der Waals surface area contributed by atoms with Crippen LogP contribution < -0.4 is 10.6 Å². The van der Waals surface area contributed by atoms with Gasteiger partial charge in [-0.05, 0) is 53.4 Å². The molecule has 1 fully saturated rings. The third-order valence-corrected chi connectivity index (χ3v) is 4.09. The summed E-state index contributed by atoms with van der Waals surface area (Å²) in [6.07, 6.45) is 3.90. The first kappa shape index (κ1) is 14.3. The Labute approximate surface area is 122 Å². The van der Waals surface area contributed by atoms with Gasteiger partial charge < -0.3 is 15.4 Å². The molecule has 1 aromatic carbocycles. The number of nitrogens with one attached hydrogen (secondary N) is 1. The fraction of sp³-hybridized carbons (Fsp3) is 0.500. The number of hydrogen-bond donors (Lipinski definition) is 2. The summed E-state index contributed by atoms with van der Waals surface area (Å²) in [5.74, 6) is 0.0803. The summed E-state index contributed by atoms with van der Waals surface area (Å²) in [6.45, 7) is 1.78. The Hall–Kier alpha value is -1.07. The molecule has 0 bridgehead atoms. The molecule has 1 saturated heterocycles. The number of halogens is 1. The molecule has 1 heterocycles. The lowest BCUT2D eigenvalue weighted by Crippen LogP contribution is -2.33. The van der Waals surface area contributed by atoms with Gasteiger partial charge in [-0.3, -0.25) is 5.41 Å². The topological polar surface area (TPSA) is 62.3 Å². The zero-order valence-electron chi connectivity index (χ0n) is 11.2. The second-order valence-electron chi connectivity index (χ2n) is 4.95. The molecule has 19 heavy (non-hydrogen) atoms. The van der Waals surface area contributed by atoms with Crippen LogP contribution in [0.1, 0.15) is 24.8 Å². The molecule has 5 heteroatoms. The lowest BCUT2D eigenvalue weighted by molar-refractivity contribution is 0.0216. The highest BCUT2D eigenvalue weighted by molar-refractivity contribution is 9.10. The molecule has 0 aliphatic carbocycles. The average Bonchev–Trinajstić information content (AvgIpc) is 2.39. The molecule has 1 unspecified atom stereocenters. The van der Waals surface area contributed by atoms with E-state index < -0.39 is 0 Å². The Kier molecular flexibility index (Phi) is 4.82. The Morgan fingerprint density at radius 1 is 1.53 bits per heavy atom. The predicted molar refractivity (Wildman–Crippen MR) is 82.0 cm³/mol. The number of benzene rings is 1. The van der Waals surface area contributed by atoms with Gasteiger partial charge in [0.25, 0.3) is 0 Å². The van der Waals surface area contributed by atoms with E-state index in [1.165, 1.54) is 12.8 Å². The van der Waals surface area contributed by atoms with E-state index in [9.17, 15) is 0 Å². The first-order valence-corrected chi connectivity index (χ1v) is 7.34. The summed E-state index contributed by atoms with van der Waals surface area (Å²) in [6, 6.07) is 5.86. The fourth-order valence-electron chi connectivity index (χ4n) is 2.32. The van der Waals surface area contributed by atoms with Gasteiger partial charge in [-0.15, -0.1) is 0 Å². The van der Waals surface area contributed by atoms with Crippen molar-refractivity contribution < 1.29 is 4.74 Å².